The van der Waals surface area contributed by atoms with E-state index in [2.05, 4.69) is 67.9 Å². The fourth-order valence-electron chi connectivity index (χ4n) is 3.99. The van der Waals surface area contributed by atoms with Crippen LogP contribution in [0.2, 0.25) is 0 Å². The fraction of sp³-hybridized carbons (Fsp3) is 0.391. The number of anilines is 2. The highest BCUT2D eigenvalue weighted by atomic mass is 79.9. The normalized spacial score (nSPS) is 19.3. The van der Waals surface area contributed by atoms with Gasteiger partial charge in [-0.3, -0.25) is 0 Å². The predicted octanol–water partition coefficient (Wildman–Crippen LogP) is 4.97. The molecule has 0 aliphatic heterocycles. The topological polar surface area (TPSA) is 53.1 Å². The van der Waals surface area contributed by atoms with Crippen molar-refractivity contribution < 1.29 is 0 Å². The van der Waals surface area contributed by atoms with Crippen molar-refractivity contribution in [1.29, 1.82) is 0 Å². The summed E-state index contributed by atoms with van der Waals surface area (Å²) in [6, 6.07) is 17.6. The SMILES string of the molecule is CN(C)c1nc(N[C@H]2CC[C@@H](NCc3ccccc3Br)CC2)nc2ccccc12. The highest BCUT2D eigenvalue weighted by Gasteiger charge is 2.22. The zero-order chi connectivity index (χ0) is 20.2. The first-order valence-electron chi connectivity index (χ1n) is 10.3. The second kappa shape index (κ2) is 9.09. The molecule has 2 N–H and O–H groups in total. The Kier molecular flexibility index (Phi) is 6.31. The van der Waals surface area contributed by atoms with E-state index >= 15 is 0 Å². The smallest absolute Gasteiger partial charge is 0.225 e. The minimum atomic E-state index is 0.424. The van der Waals surface area contributed by atoms with Crippen LogP contribution in [0.25, 0.3) is 10.9 Å². The molecule has 6 heteroatoms. The van der Waals surface area contributed by atoms with E-state index in [1.165, 1.54) is 10.0 Å². The number of benzene rings is 2. The molecule has 4 rings (SSSR count). The first-order chi connectivity index (χ1) is 14.1. The lowest BCUT2D eigenvalue weighted by Gasteiger charge is -2.30. The number of nitrogens with one attached hydrogen (secondary N) is 2. The molecule has 1 aliphatic rings. The fourth-order valence-corrected chi connectivity index (χ4v) is 4.41. The van der Waals surface area contributed by atoms with Crippen molar-refractivity contribution in [3.05, 3.63) is 58.6 Å². The van der Waals surface area contributed by atoms with Gasteiger partial charge in [0, 0.05) is 42.6 Å². The summed E-state index contributed by atoms with van der Waals surface area (Å²) in [7, 11) is 4.06. The summed E-state index contributed by atoms with van der Waals surface area (Å²) in [5, 5.41) is 8.39. The van der Waals surface area contributed by atoms with Crippen LogP contribution >= 0.6 is 15.9 Å². The summed E-state index contributed by atoms with van der Waals surface area (Å²) in [6.07, 6.45) is 4.58. The second-order valence-corrected chi connectivity index (χ2v) is 8.80. The Balaban J connectivity index is 1.35. The maximum atomic E-state index is 4.78. The summed E-state index contributed by atoms with van der Waals surface area (Å²) in [4.78, 5) is 11.6. The molecule has 3 aromatic rings. The van der Waals surface area contributed by atoms with Crippen LogP contribution in [-0.4, -0.2) is 36.1 Å². The molecule has 0 saturated heterocycles. The Morgan fingerprint density at radius 2 is 1.62 bits per heavy atom. The van der Waals surface area contributed by atoms with Crippen LogP contribution in [-0.2, 0) is 6.54 Å². The molecule has 2 aromatic carbocycles. The van der Waals surface area contributed by atoms with Gasteiger partial charge in [0.15, 0.2) is 0 Å². The van der Waals surface area contributed by atoms with Gasteiger partial charge in [-0.05, 0) is 49.4 Å². The summed E-state index contributed by atoms with van der Waals surface area (Å²) in [6.45, 7) is 0.907. The Labute approximate surface area is 181 Å². The lowest BCUT2D eigenvalue weighted by atomic mass is 9.91. The average Bonchev–Trinajstić information content (AvgIpc) is 2.73. The molecule has 1 aliphatic carbocycles. The first-order valence-corrected chi connectivity index (χ1v) is 11.1. The molecule has 0 atom stereocenters. The maximum Gasteiger partial charge on any atom is 0.225 e. The van der Waals surface area contributed by atoms with E-state index in [0.717, 1.165) is 54.9 Å². The molecule has 0 spiro atoms. The van der Waals surface area contributed by atoms with Gasteiger partial charge >= 0.3 is 0 Å². The van der Waals surface area contributed by atoms with E-state index < -0.39 is 0 Å². The number of hydrogen-bond donors (Lipinski definition) is 2. The molecule has 1 heterocycles. The quantitative estimate of drug-likeness (QED) is 0.551. The first kappa shape index (κ1) is 20.1. The lowest BCUT2D eigenvalue weighted by Crippen LogP contribution is -2.37. The maximum absolute atomic E-state index is 4.78. The summed E-state index contributed by atoms with van der Waals surface area (Å²) in [5.41, 5.74) is 2.30. The van der Waals surface area contributed by atoms with Crippen LogP contribution in [0.5, 0.6) is 0 Å². The van der Waals surface area contributed by atoms with Gasteiger partial charge in [-0.25, -0.2) is 4.98 Å². The van der Waals surface area contributed by atoms with Gasteiger partial charge in [0.1, 0.15) is 5.82 Å². The highest BCUT2D eigenvalue weighted by Crippen LogP contribution is 2.26. The Morgan fingerprint density at radius 1 is 0.931 bits per heavy atom. The van der Waals surface area contributed by atoms with Gasteiger partial charge in [-0.2, -0.15) is 4.98 Å². The third kappa shape index (κ3) is 4.87. The van der Waals surface area contributed by atoms with Crippen LogP contribution in [0.4, 0.5) is 11.8 Å². The number of hydrogen-bond acceptors (Lipinski definition) is 5. The number of halogens is 1. The van der Waals surface area contributed by atoms with Crippen LogP contribution < -0.4 is 15.5 Å². The van der Waals surface area contributed by atoms with Gasteiger partial charge in [-0.1, -0.05) is 46.3 Å². The average molecular weight is 454 g/mol. The number of fused-ring (bicyclic) bond motifs is 1. The zero-order valence-electron chi connectivity index (χ0n) is 17.0. The van der Waals surface area contributed by atoms with Gasteiger partial charge in [0.25, 0.3) is 0 Å². The molecular formula is C23H28BrN5. The minimum Gasteiger partial charge on any atom is -0.362 e. The molecule has 0 bridgehead atoms. The van der Waals surface area contributed by atoms with Gasteiger partial charge < -0.3 is 15.5 Å². The second-order valence-electron chi connectivity index (χ2n) is 7.95. The van der Waals surface area contributed by atoms with Crippen molar-refractivity contribution in [2.24, 2.45) is 0 Å². The monoisotopic (exact) mass is 453 g/mol. The molecule has 0 unspecified atom stereocenters. The van der Waals surface area contributed by atoms with Crippen molar-refractivity contribution in [3.8, 4) is 0 Å². The van der Waals surface area contributed by atoms with E-state index in [0.29, 0.717) is 12.1 Å². The largest absolute Gasteiger partial charge is 0.362 e. The van der Waals surface area contributed by atoms with Crippen LogP contribution in [0.3, 0.4) is 0 Å². The van der Waals surface area contributed by atoms with Crippen LogP contribution in [0, 0.1) is 0 Å². The number of para-hydroxylation sites is 1. The van der Waals surface area contributed by atoms with Gasteiger partial charge in [0.05, 0.1) is 5.52 Å². The molecule has 29 heavy (non-hydrogen) atoms. The third-order valence-electron chi connectivity index (χ3n) is 5.61. The summed E-state index contributed by atoms with van der Waals surface area (Å²) < 4.78 is 1.17. The molecule has 5 nitrogen and oxygen atoms in total. The third-order valence-corrected chi connectivity index (χ3v) is 6.38. The molecular weight excluding hydrogens is 426 g/mol. The Morgan fingerprint density at radius 3 is 2.38 bits per heavy atom. The minimum absolute atomic E-state index is 0.424. The predicted molar refractivity (Wildman–Crippen MR) is 125 cm³/mol. The van der Waals surface area contributed by atoms with Crippen molar-refractivity contribution in [1.82, 2.24) is 15.3 Å². The van der Waals surface area contributed by atoms with Crippen molar-refractivity contribution in [3.63, 3.8) is 0 Å². The van der Waals surface area contributed by atoms with Crippen molar-refractivity contribution in [2.75, 3.05) is 24.3 Å². The van der Waals surface area contributed by atoms with Gasteiger partial charge in [0.2, 0.25) is 5.95 Å². The Hall–Kier alpha value is -2.18. The van der Waals surface area contributed by atoms with E-state index in [-0.39, 0.29) is 0 Å². The summed E-state index contributed by atoms with van der Waals surface area (Å²) in [5.74, 6) is 1.69. The van der Waals surface area contributed by atoms with Crippen LogP contribution in [0.15, 0.2) is 53.0 Å². The molecule has 1 saturated carbocycles. The highest BCUT2D eigenvalue weighted by molar-refractivity contribution is 9.10. The number of rotatable bonds is 6. The molecule has 0 amide bonds. The van der Waals surface area contributed by atoms with Crippen molar-refractivity contribution >= 4 is 38.6 Å². The van der Waals surface area contributed by atoms with Gasteiger partial charge in [-0.15, -0.1) is 0 Å². The van der Waals surface area contributed by atoms with E-state index in [9.17, 15) is 0 Å². The summed E-state index contributed by atoms with van der Waals surface area (Å²) >= 11 is 3.63. The number of aromatic nitrogens is 2. The lowest BCUT2D eigenvalue weighted by molar-refractivity contribution is 0.352. The molecule has 152 valence electrons. The molecule has 1 fully saturated rings. The number of nitrogens with zero attached hydrogens (tertiary/aromatic N) is 3. The zero-order valence-corrected chi connectivity index (χ0v) is 18.6. The standard InChI is InChI=1S/C23H28BrN5/c1-29(2)22-19-8-4-6-10-21(19)27-23(28-22)26-18-13-11-17(12-14-18)25-15-16-7-3-5-9-20(16)24/h3-10,17-18,25H,11-15H2,1-2H3,(H,26,27,28)/t17-,18+. The van der Waals surface area contributed by atoms with Crippen LogP contribution in [0.1, 0.15) is 31.2 Å². The van der Waals surface area contributed by atoms with E-state index in [1.807, 2.05) is 26.2 Å². The van der Waals surface area contributed by atoms with Crippen molar-refractivity contribution in [2.45, 2.75) is 44.3 Å². The van der Waals surface area contributed by atoms with E-state index in [1.54, 1.807) is 0 Å². The van der Waals surface area contributed by atoms with E-state index in [4.69, 9.17) is 9.97 Å². The Bertz CT molecular complexity index is 966. The molecule has 1 aromatic heterocycles. The molecule has 0 radical (unpaired) electrons.